The molecule has 1 fully saturated rings. The number of nitrogens with zero attached hydrogens (tertiary/aromatic N) is 2. The summed E-state index contributed by atoms with van der Waals surface area (Å²) in [5, 5.41) is 3.40. The molecule has 6 nitrogen and oxygen atoms in total. The normalized spacial score (nSPS) is 21.0. The predicted octanol–water partition coefficient (Wildman–Crippen LogP) is 2.15. The smallest absolute Gasteiger partial charge is 0.193 e. The molecule has 1 unspecified atom stereocenters. The number of benzene rings is 1. The number of nitrogens with one attached hydrogen (secondary N) is 1. The number of hydrogen-bond donors (Lipinski definition) is 1. The highest BCUT2D eigenvalue weighted by Gasteiger charge is 2.21. The van der Waals surface area contributed by atoms with E-state index in [4.69, 9.17) is 14.2 Å². The fraction of sp³-hybridized carbons (Fsp3) is 0.632. The second-order valence-corrected chi connectivity index (χ2v) is 6.69. The fourth-order valence-corrected chi connectivity index (χ4v) is 3.27. The zero-order valence-corrected chi connectivity index (χ0v) is 15.2. The molecule has 138 valence electrons. The van der Waals surface area contributed by atoms with Crippen molar-refractivity contribution < 1.29 is 14.2 Å². The van der Waals surface area contributed by atoms with Crippen LogP contribution in [0.4, 0.5) is 0 Å². The summed E-state index contributed by atoms with van der Waals surface area (Å²) in [6.07, 6.45) is 3.51. The highest BCUT2D eigenvalue weighted by atomic mass is 16.6. The van der Waals surface area contributed by atoms with Crippen molar-refractivity contribution in [3.8, 4) is 11.5 Å². The maximum absolute atomic E-state index is 5.99. The first-order chi connectivity index (χ1) is 12.3. The molecule has 3 rings (SSSR count). The van der Waals surface area contributed by atoms with Crippen LogP contribution in [-0.2, 0) is 4.74 Å². The SMILES string of the molecule is CN=C(NCC1COc2ccccc2O1)N(C)CCC1CCOCC1. The Morgan fingerprint density at radius 3 is 2.76 bits per heavy atom. The molecule has 6 heteroatoms. The Morgan fingerprint density at radius 2 is 2.00 bits per heavy atom. The minimum atomic E-state index is -0.0180. The number of hydrogen-bond acceptors (Lipinski definition) is 4. The van der Waals surface area contributed by atoms with Gasteiger partial charge in [0.15, 0.2) is 17.5 Å². The topological polar surface area (TPSA) is 55.3 Å². The molecule has 25 heavy (non-hydrogen) atoms. The second-order valence-electron chi connectivity index (χ2n) is 6.69. The van der Waals surface area contributed by atoms with Crippen LogP contribution in [0, 0.1) is 5.92 Å². The summed E-state index contributed by atoms with van der Waals surface area (Å²) in [7, 11) is 3.91. The standard InChI is InChI=1S/C19H29N3O3/c1-20-19(22(2)10-7-15-8-11-23-12-9-15)21-13-16-14-24-17-5-3-4-6-18(17)25-16/h3-6,15-16H,7-14H2,1-2H3,(H,20,21). The van der Waals surface area contributed by atoms with Gasteiger partial charge in [-0.15, -0.1) is 0 Å². The summed E-state index contributed by atoms with van der Waals surface area (Å²) in [6, 6.07) is 7.79. The highest BCUT2D eigenvalue weighted by molar-refractivity contribution is 5.79. The zero-order valence-electron chi connectivity index (χ0n) is 15.2. The van der Waals surface area contributed by atoms with Gasteiger partial charge in [0.25, 0.3) is 0 Å². The zero-order chi connectivity index (χ0) is 17.5. The molecule has 0 bridgehead atoms. The van der Waals surface area contributed by atoms with Crippen molar-refractivity contribution >= 4 is 5.96 Å². The summed E-state index contributed by atoms with van der Waals surface area (Å²) in [6.45, 7) is 4.02. The summed E-state index contributed by atoms with van der Waals surface area (Å²) < 4.78 is 17.2. The number of ether oxygens (including phenoxy) is 3. The molecule has 1 N–H and O–H groups in total. The molecule has 1 saturated heterocycles. The Kier molecular flexibility index (Phi) is 6.39. The molecule has 0 aliphatic carbocycles. The van der Waals surface area contributed by atoms with Crippen molar-refractivity contribution in [2.75, 3.05) is 47.0 Å². The predicted molar refractivity (Wildman–Crippen MR) is 98.5 cm³/mol. The van der Waals surface area contributed by atoms with Crippen LogP contribution in [0.1, 0.15) is 19.3 Å². The summed E-state index contributed by atoms with van der Waals surface area (Å²) in [5.41, 5.74) is 0. The molecule has 2 aliphatic heterocycles. The van der Waals surface area contributed by atoms with Crippen LogP contribution < -0.4 is 14.8 Å². The third kappa shape index (κ3) is 5.01. The Labute approximate surface area is 150 Å². The van der Waals surface area contributed by atoms with E-state index in [1.807, 2.05) is 31.3 Å². The molecular weight excluding hydrogens is 318 g/mol. The third-order valence-electron chi connectivity index (χ3n) is 4.84. The molecule has 2 aliphatic rings. The van der Waals surface area contributed by atoms with Crippen LogP contribution in [0.2, 0.25) is 0 Å². The second kappa shape index (κ2) is 8.94. The maximum Gasteiger partial charge on any atom is 0.193 e. The van der Waals surface area contributed by atoms with E-state index in [-0.39, 0.29) is 6.10 Å². The van der Waals surface area contributed by atoms with Crippen LogP contribution in [0.3, 0.4) is 0 Å². The van der Waals surface area contributed by atoms with Gasteiger partial charge in [-0.25, -0.2) is 0 Å². The van der Waals surface area contributed by atoms with Crippen LogP contribution in [0.15, 0.2) is 29.3 Å². The molecule has 1 aromatic carbocycles. The molecule has 1 atom stereocenters. The lowest BCUT2D eigenvalue weighted by Gasteiger charge is -2.29. The molecule has 1 aromatic rings. The van der Waals surface area contributed by atoms with Crippen molar-refractivity contribution in [2.24, 2.45) is 10.9 Å². The number of para-hydroxylation sites is 2. The number of aliphatic imine (C=N–C) groups is 1. The van der Waals surface area contributed by atoms with E-state index in [9.17, 15) is 0 Å². The number of guanidine groups is 1. The maximum atomic E-state index is 5.99. The first-order valence-corrected chi connectivity index (χ1v) is 9.14. The number of fused-ring (bicyclic) bond motifs is 1. The quantitative estimate of drug-likeness (QED) is 0.653. The van der Waals surface area contributed by atoms with Crippen molar-refractivity contribution in [3.05, 3.63) is 24.3 Å². The van der Waals surface area contributed by atoms with Crippen molar-refractivity contribution in [2.45, 2.75) is 25.4 Å². The van der Waals surface area contributed by atoms with Gasteiger partial charge in [-0.2, -0.15) is 0 Å². The van der Waals surface area contributed by atoms with E-state index in [1.54, 1.807) is 0 Å². The summed E-state index contributed by atoms with van der Waals surface area (Å²) >= 11 is 0. The number of rotatable bonds is 5. The first kappa shape index (κ1) is 17.9. The van der Waals surface area contributed by atoms with Gasteiger partial charge in [-0.3, -0.25) is 4.99 Å². The van der Waals surface area contributed by atoms with E-state index in [1.165, 1.54) is 19.3 Å². The van der Waals surface area contributed by atoms with E-state index >= 15 is 0 Å². The van der Waals surface area contributed by atoms with E-state index < -0.39 is 0 Å². The van der Waals surface area contributed by atoms with Gasteiger partial charge in [0.05, 0.1) is 6.54 Å². The summed E-state index contributed by atoms with van der Waals surface area (Å²) in [4.78, 5) is 6.58. The van der Waals surface area contributed by atoms with Crippen LogP contribution in [0.25, 0.3) is 0 Å². The lowest BCUT2D eigenvalue weighted by Crippen LogP contribution is -2.46. The van der Waals surface area contributed by atoms with Gasteiger partial charge in [-0.05, 0) is 37.3 Å². The Hall–Kier alpha value is -1.95. The average Bonchev–Trinajstić information content (AvgIpc) is 2.67. The molecule has 0 radical (unpaired) electrons. The Balaban J connectivity index is 1.43. The van der Waals surface area contributed by atoms with Gasteiger partial charge >= 0.3 is 0 Å². The van der Waals surface area contributed by atoms with Gasteiger partial charge in [0.1, 0.15) is 12.7 Å². The van der Waals surface area contributed by atoms with Crippen LogP contribution in [0.5, 0.6) is 11.5 Å². The van der Waals surface area contributed by atoms with E-state index in [0.29, 0.717) is 13.2 Å². The Morgan fingerprint density at radius 1 is 1.24 bits per heavy atom. The Bertz CT molecular complexity index is 573. The van der Waals surface area contributed by atoms with Gasteiger partial charge < -0.3 is 24.4 Å². The highest BCUT2D eigenvalue weighted by Crippen LogP contribution is 2.30. The van der Waals surface area contributed by atoms with Gasteiger partial charge in [-0.1, -0.05) is 12.1 Å². The van der Waals surface area contributed by atoms with Gasteiger partial charge in [0.2, 0.25) is 0 Å². The van der Waals surface area contributed by atoms with Gasteiger partial charge in [0, 0.05) is 33.9 Å². The largest absolute Gasteiger partial charge is 0.486 e. The molecule has 0 amide bonds. The first-order valence-electron chi connectivity index (χ1n) is 9.14. The minimum absolute atomic E-state index is 0.0180. The van der Waals surface area contributed by atoms with Crippen LogP contribution >= 0.6 is 0 Å². The molecular formula is C19H29N3O3. The van der Waals surface area contributed by atoms with Crippen molar-refractivity contribution in [1.82, 2.24) is 10.2 Å². The molecule has 0 spiro atoms. The summed E-state index contributed by atoms with van der Waals surface area (Å²) in [5.74, 6) is 3.29. The van der Waals surface area contributed by atoms with E-state index in [2.05, 4.69) is 22.3 Å². The van der Waals surface area contributed by atoms with Crippen LogP contribution in [-0.4, -0.2) is 64.0 Å². The third-order valence-corrected chi connectivity index (χ3v) is 4.84. The minimum Gasteiger partial charge on any atom is -0.486 e. The molecule has 2 heterocycles. The molecule has 0 aromatic heterocycles. The van der Waals surface area contributed by atoms with E-state index in [0.717, 1.165) is 43.1 Å². The molecule has 0 saturated carbocycles. The van der Waals surface area contributed by atoms with Crippen molar-refractivity contribution in [1.29, 1.82) is 0 Å². The van der Waals surface area contributed by atoms with Crippen molar-refractivity contribution in [3.63, 3.8) is 0 Å². The fourth-order valence-electron chi connectivity index (χ4n) is 3.27. The average molecular weight is 347 g/mol. The lowest BCUT2D eigenvalue weighted by molar-refractivity contribution is 0.0624. The monoisotopic (exact) mass is 347 g/mol. The lowest BCUT2D eigenvalue weighted by atomic mass is 9.96.